The minimum atomic E-state index is -0.203. The summed E-state index contributed by atoms with van der Waals surface area (Å²) in [6.45, 7) is 2.89. The van der Waals surface area contributed by atoms with Crippen LogP contribution in [0, 0.1) is 5.82 Å². The first-order valence-electron chi connectivity index (χ1n) is 6.46. The zero-order valence-electron chi connectivity index (χ0n) is 11.1. The Morgan fingerprint density at radius 2 is 2.32 bits per heavy atom. The summed E-state index contributed by atoms with van der Waals surface area (Å²) in [6.07, 6.45) is 0.856. The Balaban J connectivity index is 1.74. The molecule has 0 spiro atoms. The fraction of sp³-hybridized carbons (Fsp3) is 0.571. The zero-order valence-corrected chi connectivity index (χ0v) is 11.8. The van der Waals surface area contributed by atoms with E-state index in [1.165, 1.54) is 6.07 Å². The number of hydrogen-bond donors (Lipinski definition) is 0. The van der Waals surface area contributed by atoms with Crippen molar-refractivity contribution in [1.29, 1.82) is 0 Å². The Morgan fingerprint density at radius 3 is 3.11 bits per heavy atom. The minimum absolute atomic E-state index is 0.0924. The summed E-state index contributed by atoms with van der Waals surface area (Å²) in [7, 11) is 2.02. The van der Waals surface area contributed by atoms with Gasteiger partial charge in [-0.25, -0.2) is 4.39 Å². The van der Waals surface area contributed by atoms with Crippen molar-refractivity contribution < 1.29 is 13.9 Å². The van der Waals surface area contributed by atoms with Crippen LogP contribution in [0.5, 0.6) is 5.75 Å². The van der Waals surface area contributed by atoms with Crippen molar-refractivity contribution in [2.75, 3.05) is 39.2 Å². The van der Waals surface area contributed by atoms with E-state index >= 15 is 0 Å². The predicted molar refractivity (Wildman–Crippen MR) is 73.6 cm³/mol. The van der Waals surface area contributed by atoms with Crippen molar-refractivity contribution >= 4 is 11.6 Å². The number of fused-ring (bicyclic) bond motifs is 1. The van der Waals surface area contributed by atoms with Crippen molar-refractivity contribution in [3.63, 3.8) is 0 Å². The van der Waals surface area contributed by atoms with Gasteiger partial charge in [0.2, 0.25) is 0 Å². The van der Waals surface area contributed by atoms with Gasteiger partial charge < -0.3 is 14.4 Å². The van der Waals surface area contributed by atoms with Crippen LogP contribution in [0.2, 0.25) is 0 Å². The van der Waals surface area contributed by atoms with Crippen molar-refractivity contribution in [3.05, 3.63) is 29.6 Å². The van der Waals surface area contributed by atoms with Gasteiger partial charge in [-0.2, -0.15) is 0 Å². The lowest BCUT2D eigenvalue weighted by molar-refractivity contribution is 0.105. The molecular formula is C14H19ClFNO2. The van der Waals surface area contributed by atoms with Crippen LogP contribution >= 0.6 is 11.6 Å². The molecule has 1 aliphatic heterocycles. The Hall–Kier alpha value is -0.840. The lowest BCUT2D eigenvalue weighted by Gasteiger charge is -2.20. The highest BCUT2D eigenvalue weighted by Crippen LogP contribution is 2.29. The molecule has 1 atom stereocenters. The standard InChI is InChI=1S/C14H19ClFNO2/c1-17(5-7-18-6-4-15)10-13-9-11-8-12(16)2-3-14(11)19-13/h2-3,8,13H,4-7,9-10H2,1H3. The molecule has 5 heteroatoms. The number of rotatable bonds is 7. The van der Waals surface area contributed by atoms with E-state index in [4.69, 9.17) is 21.1 Å². The Bertz CT molecular complexity index is 416. The summed E-state index contributed by atoms with van der Waals surface area (Å²) in [5, 5.41) is 0. The van der Waals surface area contributed by atoms with Gasteiger partial charge in [0, 0.05) is 31.0 Å². The molecule has 0 aromatic heterocycles. The Labute approximate surface area is 118 Å². The third kappa shape index (κ3) is 4.34. The van der Waals surface area contributed by atoms with Gasteiger partial charge in [-0.05, 0) is 25.2 Å². The maximum absolute atomic E-state index is 13.1. The molecule has 2 rings (SSSR count). The molecule has 19 heavy (non-hydrogen) atoms. The first-order chi connectivity index (χ1) is 9.19. The number of alkyl halides is 1. The second kappa shape index (κ2) is 7.08. The van der Waals surface area contributed by atoms with E-state index in [2.05, 4.69) is 4.90 Å². The SMILES string of the molecule is CN(CCOCCCl)CC1Cc2cc(F)ccc2O1. The summed E-state index contributed by atoms with van der Waals surface area (Å²) in [4.78, 5) is 2.15. The lowest BCUT2D eigenvalue weighted by Crippen LogP contribution is -2.34. The zero-order chi connectivity index (χ0) is 13.7. The smallest absolute Gasteiger partial charge is 0.123 e. The highest BCUT2D eigenvalue weighted by molar-refractivity contribution is 6.17. The largest absolute Gasteiger partial charge is 0.488 e. The highest BCUT2D eigenvalue weighted by Gasteiger charge is 2.24. The normalized spacial score (nSPS) is 17.6. The Morgan fingerprint density at radius 1 is 1.47 bits per heavy atom. The summed E-state index contributed by atoms with van der Waals surface area (Å²) in [6, 6.07) is 4.69. The molecule has 1 aromatic carbocycles. The number of nitrogens with zero attached hydrogens (tertiary/aromatic N) is 1. The topological polar surface area (TPSA) is 21.7 Å². The van der Waals surface area contributed by atoms with Gasteiger partial charge in [0.15, 0.2) is 0 Å². The summed E-state index contributed by atoms with van der Waals surface area (Å²) >= 11 is 5.53. The second-order valence-electron chi connectivity index (χ2n) is 4.76. The average molecular weight is 288 g/mol. The molecule has 0 amide bonds. The summed E-state index contributed by atoms with van der Waals surface area (Å²) < 4.78 is 24.2. The van der Waals surface area contributed by atoms with Crippen molar-refractivity contribution in [2.24, 2.45) is 0 Å². The van der Waals surface area contributed by atoms with E-state index in [1.54, 1.807) is 12.1 Å². The van der Waals surface area contributed by atoms with Crippen LogP contribution in [-0.2, 0) is 11.2 Å². The second-order valence-corrected chi connectivity index (χ2v) is 5.14. The summed E-state index contributed by atoms with van der Waals surface area (Å²) in [5.41, 5.74) is 0.955. The van der Waals surface area contributed by atoms with Crippen LogP contribution in [0.25, 0.3) is 0 Å². The van der Waals surface area contributed by atoms with Crippen molar-refractivity contribution in [2.45, 2.75) is 12.5 Å². The van der Waals surface area contributed by atoms with Gasteiger partial charge in [-0.1, -0.05) is 0 Å². The molecule has 0 fully saturated rings. The number of hydrogen-bond acceptors (Lipinski definition) is 3. The molecule has 0 radical (unpaired) electrons. The molecule has 1 aliphatic rings. The Kier molecular flexibility index (Phi) is 5.43. The van der Waals surface area contributed by atoms with Gasteiger partial charge >= 0.3 is 0 Å². The molecule has 0 aliphatic carbocycles. The van der Waals surface area contributed by atoms with E-state index in [9.17, 15) is 4.39 Å². The van der Waals surface area contributed by atoms with Crippen molar-refractivity contribution in [3.8, 4) is 5.75 Å². The molecule has 106 valence electrons. The van der Waals surface area contributed by atoms with Gasteiger partial charge in [0.1, 0.15) is 17.7 Å². The van der Waals surface area contributed by atoms with Crippen molar-refractivity contribution in [1.82, 2.24) is 4.90 Å². The molecular weight excluding hydrogens is 269 g/mol. The maximum Gasteiger partial charge on any atom is 0.123 e. The predicted octanol–water partition coefficient (Wildman–Crippen LogP) is 2.32. The molecule has 3 nitrogen and oxygen atoms in total. The van der Waals surface area contributed by atoms with Crippen LogP contribution in [0.3, 0.4) is 0 Å². The van der Waals surface area contributed by atoms with E-state index in [1.807, 2.05) is 7.05 Å². The number of ether oxygens (including phenoxy) is 2. The summed E-state index contributed by atoms with van der Waals surface area (Å²) in [5.74, 6) is 1.13. The van der Waals surface area contributed by atoms with Crippen LogP contribution in [0.4, 0.5) is 4.39 Å². The van der Waals surface area contributed by atoms with E-state index < -0.39 is 0 Å². The number of likely N-dealkylation sites (N-methyl/N-ethyl adjacent to an activating group) is 1. The van der Waals surface area contributed by atoms with Crippen LogP contribution in [0.1, 0.15) is 5.56 Å². The van der Waals surface area contributed by atoms with Gasteiger partial charge in [-0.3, -0.25) is 0 Å². The van der Waals surface area contributed by atoms with Gasteiger partial charge in [-0.15, -0.1) is 11.6 Å². The van der Waals surface area contributed by atoms with Gasteiger partial charge in [0.05, 0.1) is 13.2 Å². The minimum Gasteiger partial charge on any atom is -0.488 e. The molecule has 0 N–H and O–H groups in total. The fourth-order valence-corrected chi connectivity index (χ4v) is 2.32. The van der Waals surface area contributed by atoms with Crippen LogP contribution in [-0.4, -0.2) is 50.2 Å². The van der Waals surface area contributed by atoms with E-state index in [-0.39, 0.29) is 11.9 Å². The third-order valence-electron chi connectivity index (χ3n) is 3.12. The number of halogens is 2. The first-order valence-corrected chi connectivity index (χ1v) is 7.00. The quantitative estimate of drug-likeness (QED) is 0.567. The molecule has 0 saturated heterocycles. The van der Waals surface area contributed by atoms with E-state index in [0.717, 1.165) is 30.8 Å². The molecule has 1 aromatic rings. The van der Waals surface area contributed by atoms with E-state index in [0.29, 0.717) is 19.1 Å². The maximum atomic E-state index is 13.1. The van der Waals surface area contributed by atoms with Crippen LogP contribution < -0.4 is 4.74 Å². The van der Waals surface area contributed by atoms with Crippen LogP contribution in [0.15, 0.2) is 18.2 Å². The fourth-order valence-electron chi connectivity index (χ4n) is 2.21. The first kappa shape index (κ1) is 14.6. The third-order valence-corrected chi connectivity index (χ3v) is 3.27. The highest BCUT2D eigenvalue weighted by atomic mass is 35.5. The molecule has 0 bridgehead atoms. The monoisotopic (exact) mass is 287 g/mol. The molecule has 1 heterocycles. The lowest BCUT2D eigenvalue weighted by atomic mass is 10.1. The molecule has 0 saturated carbocycles. The average Bonchev–Trinajstić information content (AvgIpc) is 2.76. The van der Waals surface area contributed by atoms with Gasteiger partial charge in [0.25, 0.3) is 0 Å². The number of benzene rings is 1. The molecule has 1 unspecified atom stereocenters.